The normalized spacial score (nSPS) is 12.2. The lowest BCUT2D eigenvalue weighted by molar-refractivity contribution is 0.202. The van der Waals surface area contributed by atoms with Crippen LogP contribution < -0.4 is 19.3 Å². The highest BCUT2D eigenvalue weighted by atomic mass is 16.6. The van der Waals surface area contributed by atoms with Crippen molar-refractivity contribution in [2.75, 3.05) is 16.5 Å². The zero-order valence-corrected chi connectivity index (χ0v) is 32.6. The topological polar surface area (TPSA) is 59.1 Å². The van der Waals surface area contributed by atoms with Gasteiger partial charge in [0.1, 0.15) is 18.2 Å². The van der Waals surface area contributed by atoms with E-state index >= 15 is 0 Å². The molecule has 0 fully saturated rings. The summed E-state index contributed by atoms with van der Waals surface area (Å²) in [5.41, 5.74) is 7.80. The minimum Gasteiger partial charge on any atom is -0.410 e. The monoisotopic (exact) mass is 716 g/mol. The van der Waals surface area contributed by atoms with Gasteiger partial charge in [-0.2, -0.15) is 0 Å². The minimum atomic E-state index is -0.524. The average Bonchev–Trinajstić information content (AvgIpc) is 3.32. The molecule has 6 heteroatoms. The Kier molecular flexibility index (Phi) is 15.4. The number of unbranched alkanes of at least 4 members (excludes halogenated alkanes) is 8. The molecule has 0 aliphatic carbocycles. The van der Waals surface area contributed by atoms with E-state index in [1.54, 1.807) is 9.80 Å². The molecule has 0 N–H and O–H groups in total. The fourth-order valence-corrected chi connectivity index (χ4v) is 7.46. The minimum absolute atomic E-state index is 0.0611. The van der Waals surface area contributed by atoms with Crippen LogP contribution in [0.3, 0.4) is 0 Å². The number of hydrogen-bond donors (Lipinski definition) is 0. The summed E-state index contributed by atoms with van der Waals surface area (Å²) in [5, 5.41) is 0. The predicted molar refractivity (Wildman–Crippen MR) is 220 cm³/mol. The number of rotatable bonds is 18. The number of fused-ring (bicyclic) bond motifs is 3. The first-order valence-electron chi connectivity index (χ1n) is 20.4. The first-order valence-corrected chi connectivity index (χ1v) is 20.4. The van der Waals surface area contributed by atoms with Gasteiger partial charge in [-0.25, -0.2) is 9.59 Å². The molecular weight excluding hydrogens is 657 g/mol. The summed E-state index contributed by atoms with van der Waals surface area (Å²) in [6.07, 6.45) is 16.0. The molecule has 53 heavy (non-hydrogen) atoms. The summed E-state index contributed by atoms with van der Waals surface area (Å²) in [5.74, 6) is 1.20. The van der Waals surface area contributed by atoms with Crippen molar-refractivity contribution in [3.05, 3.63) is 107 Å². The van der Waals surface area contributed by atoms with E-state index in [4.69, 9.17) is 9.47 Å². The lowest BCUT2D eigenvalue weighted by Gasteiger charge is -2.28. The fraction of sp³-hybridized carbons (Fsp3) is 0.447. The van der Waals surface area contributed by atoms with Crippen molar-refractivity contribution in [3.8, 4) is 22.6 Å². The molecule has 2 amide bonds. The molecule has 4 aromatic carbocycles. The third-order valence-corrected chi connectivity index (χ3v) is 10.4. The molecule has 5 rings (SSSR count). The second-order valence-electron chi connectivity index (χ2n) is 14.4. The molecule has 1 aliphatic rings. The number of para-hydroxylation sites is 2. The molecule has 0 saturated heterocycles. The molecule has 0 saturated carbocycles. The van der Waals surface area contributed by atoms with E-state index in [-0.39, 0.29) is 6.67 Å². The number of aryl methyl sites for hydroxylation is 2. The van der Waals surface area contributed by atoms with Crippen molar-refractivity contribution >= 4 is 23.6 Å². The van der Waals surface area contributed by atoms with Gasteiger partial charge in [0.15, 0.2) is 0 Å². The Morgan fingerprint density at radius 2 is 0.849 bits per heavy atom. The highest BCUT2D eigenvalue weighted by molar-refractivity contribution is 6.04. The molecule has 6 nitrogen and oxygen atoms in total. The maximum atomic E-state index is 14.5. The van der Waals surface area contributed by atoms with E-state index in [0.29, 0.717) is 22.9 Å². The van der Waals surface area contributed by atoms with E-state index < -0.39 is 12.2 Å². The van der Waals surface area contributed by atoms with Crippen LogP contribution in [0.2, 0.25) is 0 Å². The number of nitrogens with zero attached hydrogens (tertiary/aromatic N) is 2. The zero-order valence-electron chi connectivity index (χ0n) is 32.6. The van der Waals surface area contributed by atoms with Crippen LogP contribution in [0.1, 0.15) is 127 Å². The van der Waals surface area contributed by atoms with E-state index in [1.165, 1.54) is 24.0 Å². The van der Waals surface area contributed by atoms with Gasteiger partial charge < -0.3 is 9.47 Å². The van der Waals surface area contributed by atoms with Gasteiger partial charge in [-0.3, -0.25) is 9.80 Å². The van der Waals surface area contributed by atoms with Gasteiger partial charge in [0, 0.05) is 11.1 Å². The van der Waals surface area contributed by atoms with E-state index in [2.05, 4.69) is 39.8 Å². The van der Waals surface area contributed by atoms with Gasteiger partial charge in [-0.05, 0) is 97.9 Å². The Bertz CT molecular complexity index is 1650. The van der Waals surface area contributed by atoms with Gasteiger partial charge >= 0.3 is 12.2 Å². The molecule has 1 aliphatic heterocycles. The number of benzene rings is 4. The number of hydrogen-bond acceptors (Lipinski definition) is 4. The van der Waals surface area contributed by atoms with Crippen molar-refractivity contribution in [3.63, 3.8) is 0 Å². The molecule has 0 bridgehead atoms. The lowest BCUT2D eigenvalue weighted by atomic mass is 9.96. The number of carbonyl (C=O) groups excluding carboxylic acids is 2. The molecule has 0 unspecified atom stereocenters. The number of carbonyl (C=O) groups is 2. The van der Waals surface area contributed by atoms with Gasteiger partial charge in [0.25, 0.3) is 0 Å². The Labute approximate surface area is 318 Å². The van der Waals surface area contributed by atoms with Crippen molar-refractivity contribution < 1.29 is 19.1 Å². The third kappa shape index (κ3) is 10.3. The summed E-state index contributed by atoms with van der Waals surface area (Å²) in [4.78, 5) is 32.2. The standard InChI is InChI=1S/C47H60N2O4/c1-5-9-13-23-36-25-21-33-44(38(36)27-15-11-7-3)52-46(50)48-35-49(43-32-20-18-30-41(43)40-29-17-19-31-42(40)48)47(51)53-45-34-22-26-37(24-14-10-6-2)39(45)28-16-12-8-4/h17-22,25-26,29-34H,5-16,23-24,27-28,35H2,1-4H3. The molecule has 282 valence electrons. The first-order chi connectivity index (χ1) is 26.0. The summed E-state index contributed by atoms with van der Waals surface area (Å²) < 4.78 is 12.7. The molecular formula is C47H60N2O4. The van der Waals surface area contributed by atoms with E-state index in [1.807, 2.05) is 72.8 Å². The van der Waals surface area contributed by atoms with Crippen LogP contribution in [-0.4, -0.2) is 18.9 Å². The Morgan fingerprint density at radius 3 is 1.25 bits per heavy atom. The summed E-state index contributed by atoms with van der Waals surface area (Å²) in [6.45, 7) is 8.78. The second-order valence-corrected chi connectivity index (χ2v) is 14.4. The highest BCUT2D eigenvalue weighted by Gasteiger charge is 2.34. The third-order valence-electron chi connectivity index (χ3n) is 10.4. The average molecular weight is 717 g/mol. The van der Waals surface area contributed by atoms with Crippen molar-refractivity contribution in [1.82, 2.24) is 0 Å². The maximum Gasteiger partial charge on any atom is 0.421 e. The number of amides is 2. The fourth-order valence-electron chi connectivity index (χ4n) is 7.46. The van der Waals surface area contributed by atoms with Gasteiger partial charge in [-0.1, -0.05) is 140 Å². The quantitative estimate of drug-likeness (QED) is 0.0962. The smallest absolute Gasteiger partial charge is 0.410 e. The van der Waals surface area contributed by atoms with Crippen molar-refractivity contribution in [1.29, 1.82) is 0 Å². The van der Waals surface area contributed by atoms with Crippen molar-refractivity contribution in [2.45, 2.75) is 130 Å². The Balaban J connectivity index is 1.50. The highest BCUT2D eigenvalue weighted by Crippen LogP contribution is 2.41. The molecule has 0 spiro atoms. The van der Waals surface area contributed by atoms with Crippen LogP contribution in [0.15, 0.2) is 84.9 Å². The number of anilines is 2. The Morgan fingerprint density at radius 1 is 0.472 bits per heavy atom. The summed E-state index contributed by atoms with van der Waals surface area (Å²) in [7, 11) is 0. The maximum absolute atomic E-state index is 14.5. The molecule has 0 aromatic heterocycles. The summed E-state index contributed by atoms with van der Waals surface area (Å²) in [6, 6.07) is 27.8. The van der Waals surface area contributed by atoms with E-state index in [9.17, 15) is 9.59 Å². The molecule has 0 radical (unpaired) electrons. The SMILES string of the molecule is CCCCCc1cccc(OC(=O)N2CN(C(=O)Oc3cccc(CCCCC)c3CCCCC)c3ccccc3-c3ccccc32)c1CCCCC. The second kappa shape index (κ2) is 20.6. The van der Waals surface area contributed by atoms with Crippen LogP contribution >= 0.6 is 0 Å². The van der Waals surface area contributed by atoms with Crippen LogP contribution in [0.5, 0.6) is 11.5 Å². The van der Waals surface area contributed by atoms with Crippen LogP contribution in [-0.2, 0) is 25.7 Å². The van der Waals surface area contributed by atoms with Gasteiger partial charge in [0.2, 0.25) is 0 Å². The molecule has 4 aromatic rings. The molecule has 0 atom stereocenters. The van der Waals surface area contributed by atoms with E-state index in [0.717, 1.165) is 112 Å². The van der Waals surface area contributed by atoms with Crippen LogP contribution in [0.4, 0.5) is 21.0 Å². The van der Waals surface area contributed by atoms with Crippen LogP contribution in [0.25, 0.3) is 11.1 Å². The van der Waals surface area contributed by atoms with Crippen LogP contribution in [0, 0.1) is 0 Å². The van der Waals surface area contributed by atoms with Crippen molar-refractivity contribution in [2.24, 2.45) is 0 Å². The largest absolute Gasteiger partial charge is 0.421 e. The van der Waals surface area contributed by atoms with Gasteiger partial charge in [-0.15, -0.1) is 0 Å². The Hall–Kier alpha value is -4.58. The zero-order chi connectivity index (χ0) is 37.4. The first kappa shape index (κ1) is 39.6. The van der Waals surface area contributed by atoms with Gasteiger partial charge in [0.05, 0.1) is 11.4 Å². The predicted octanol–water partition coefficient (Wildman–Crippen LogP) is 13.3. The molecule has 1 heterocycles. The number of ether oxygens (including phenoxy) is 2. The summed E-state index contributed by atoms with van der Waals surface area (Å²) >= 11 is 0. The lowest BCUT2D eigenvalue weighted by Crippen LogP contribution is -2.46.